The van der Waals surface area contributed by atoms with Crippen molar-refractivity contribution in [3.05, 3.63) is 100 Å². The van der Waals surface area contributed by atoms with Crippen LogP contribution >= 0.6 is 0 Å². The third-order valence-corrected chi connectivity index (χ3v) is 4.82. The summed E-state index contributed by atoms with van der Waals surface area (Å²) in [5, 5.41) is 18.0. The Kier molecular flexibility index (Phi) is 4.76. The first kappa shape index (κ1) is 17.7. The Morgan fingerprint density at radius 3 is 2.46 bits per heavy atom. The number of hydrogen-bond donors (Lipinski definition) is 0. The molecule has 0 saturated heterocycles. The molecule has 0 aromatic heterocycles. The van der Waals surface area contributed by atoms with E-state index in [1.54, 1.807) is 19.2 Å². The van der Waals surface area contributed by atoms with E-state index < -0.39 is 0 Å². The van der Waals surface area contributed by atoms with Gasteiger partial charge in [0.1, 0.15) is 5.75 Å². The van der Waals surface area contributed by atoms with Crippen LogP contribution in [0.2, 0.25) is 0 Å². The normalized spacial score (nSPS) is 16.0. The number of hydrazone groups is 1. The number of nitro benzene ring substituents is 1. The van der Waals surface area contributed by atoms with E-state index in [1.807, 2.05) is 65.7 Å². The van der Waals surface area contributed by atoms with Crippen LogP contribution in [0.3, 0.4) is 0 Å². The minimum Gasteiger partial charge on any atom is -0.497 e. The Bertz CT molecular complexity index is 1020. The number of benzene rings is 3. The van der Waals surface area contributed by atoms with Crippen molar-refractivity contribution in [2.24, 2.45) is 5.10 Å². The van der Waals surface area contributed by atoms with E-state index in [-0.39, 0.29) is 16.7 Å². The molecule has 0 radical (unpaired) electrons. The summed E-state index contributed by atoms with van der Waals surface area (Å²) in [6, 6.07) is 24.5. The minimum atomic E-state index is -0.380. The molecular formula is C22H19N3O3. The number of anilines is 1. The summed E-state index contributed by atoms with van der Waals surface area (Å²) in [4.78, 5) is 10.8. The van der Waals surface area contributed by atoms with Gasteiger partial charge in [-0.15, -0.1) is 0 Å². The van der Waals surface area contributed by atoms with Crippen molar-refractivity contribution >= 4 is 17.1 Å². The van der Waals surface area contributed by atoms with Crippen LogP contribution in [0.25, 0.3) is 0 Å². The molecule has 0 fully saturated rings. The van der Waals surface area contributed by atoms with Crippen LogP contribution in [0, 0.1) is 10.1 Å². The van der Waals surface area contributed by atoms with Crippen molar-refractivity contribution in [3.63, 3.8) is 0 Å². The second-order valence-electron chi connectivity index (χ2n) is 6.53. The van der Waals surface area contributed by atoms with Crippen LogP contribution < -0.4 is 9.75 Å². The number of rotatable bonds is 5. The summed E-state index contributed by atoms with van der Waals surface area (Å²) in [7, 11) is 1.64. The van der Waals surface area contributed by atoms with Gasteiger partial charge in [-0.05, 0) is 29.8 Å². The van der Waals surface area contributed by atoms with Gasteiger partial charge in [0, 0.05) is 24.1 Å². The molecule has 140 valence electrons. The zero-order valence-electron chi connectivity index (χ0n) is 15.4. The molecule has 28 heavy (non-hydrogen) atoms. The lowest BCUT2D eigenvalue weighted by Gasteiger charge is -2.24. The van der Waals surface area contributed by atoms with Gasteiger partial charge in [0.2, 0.25) is 0 Å². The lowest BCUT2D eigenvalue weighted by atomic mass is 9.98. The van der Waals surface area contributed by atoms with E-state index in [0.29, 0.717) is 6.42 Å². The molecule has 0 aliphatic carbocycles. The average Bonchev–Trinajstić information content (AvgIpc) is 3.20. The van der Waals surface area contributed by atoms with Gasteiger partial charge in [-0.25, -0.2) is 0 Å². The molecule has 1 heterocycles. The minimum absolute atomic E-state index is 0.00238. The molecule has 3 aromatic carbocycles. The third kappa shape index (κ3) is 3.44. The van der Waals surface area contributed by atoms with Crippen molar-refractivity contribution in [3.8, 4) is 5.75 Å². The van der Waals surface area contributed by atoms with Gasteiger partial charge in [-0.1, -0.05) is 42.5 Å². The van der Waals surface area contributed by atoms with Crippen molar-refractivity contribution in [2.75, 3.05) is 12.1 Å². The average molecular weight is 373 g/mol. The monoisotopic (exact) mass is 373 g/mol. The van der Waals surface area contributed by atoms with E-state index in [4.69, 9.17) is 9.84 Å². The Morgan fingerprint density at radius 2 is 1.79 bits per heavy atom. The zero-order valence-corrected chi connectivity index (χ0v) is 15.4. The Morgan fingerprint density at radius 1 is 1.04 bits per heavy atom. The molecule has 0 amide bonds. The van der Waals surface area contributed by atoms with Crippen LogP contribution in [-0.2, 0) is 0 Å². The summed E-state index contributed by atoms with van der Waals surface area (Å²) in [6.07, 6.45) is 0.655. The Labute approximate surface area is 162 Å². The fourth-order valence-corrected chi connectivity index (χ4v) is 3.39. The molecule has 6 heteroatoms. The predicted octanol–water partition coefficient (Wildman–Crippen LogP) is 4.96. The Hall–Kier alpha value is -3.67. The lowest BCUT2D eigenvalue weighted by Crippen LogP contribution is -2.18. The smallest absolute Gasteiger partial charge is 0.270 e. The van der Waals surface area contributed by atoms with Gasteiger partial charge in [-0.3, -0.25) is 15.1 Å². The summed E-state index contributed by atoms with van der Waals surface area (Å²) in [6.45, 7) is 0. The largest absolute Gasteiger partial charge is 0.497 e. The molecule has 4 rings (SSSR count). The highest BCUT2D eigenvalue weighted by Gasteiger charge is 2.30. The lowest BCUT2D eigenvalue weighted by molar-refractivity contribution is -0.384. The van der Waals surface area contributed by atoms with Crippen LogP contribution in [0.5, 0.6) is 5.75 Å². The topological polar surface area (TPSA) is 68.0 Å². The molecule has 0 bridgehead atoms. The summed E-state index contributed by atoms with van der Waals surface area (Å²) in [5.41, 5.74) is 3.75. The highest BCUT2D eigenvalue weighted by molar-refractivity contribution is 6.03. The number of non-ortho nitro benzene ring substituents is 1. The van der Waals surface area contributed by atoms with Crippen LogP contribution in [0.15, 0.2) is 84.0 Å². The molecule has 1 atom stereocenters. The molecule has 0 N–H and O–H groups in total. The second kappa shape index (κ2) is 7.52. The molecule has 0 spiro atoms. The van der Waals surface area contributed by atoms with Gasteiger partial charge in [0.15, 0.2) is 0 Å². The molecular weight excluding hydrogens is 354 g/mol. The first-order valence-electron chi connectivity index (χ1n) is 8.96. The summed E-state index contributed by atoms with van der Waals surface area (Å²) >= 11 is 0. The van der Waals surface area contributed by atoms with Gasteiger partial charge in [0.25, 0.3) is 5.69 Å². The van der Waals surface area contributed by atoms with Crippen molar-refractivity contribution < 1.29 is 9.66 Å². The zero-order chi connectivity index (χ0) is 19.5. The molecule has 0 saturated carbocycles. The first-order valence-corrected chi connectivity index (χ1v) is 8.96. The number of para-hydroxylation sites is 1. The van der Waals surface area contributed by atoms with Crippen molar-refractivity contribution in [2.45, 2.75) is 12.5 Å². The molecule has 1 unspecified atom stereocenters. The van der Waals surface area contributed by atoms with E-state index in [9.17, 15) is 10.1 Å². The van der Waals surface area contributed by atoms with Gasteiger partial charge in [-0.2, -0.15) is 5.10 Å². The van der Waals surface area contributed by atoms with E-state index in [2.05, 4.69) is 0 Å². The highest BCUT2D eigenvalue weighted by atomic mass is 16.6. The maximum Gasteiger partial charge on any atom is 0.270 e. The molecule has 3 aromatic rings. The van der Waals surface area contributed by atoms with Crippen LogP contribution in [-0.4, -0.2) is 17.7 Å². The number of ether oxygens (including phenoxy) is 1. The first-order chi connectivity index (χ1) is 13.7. The van der Waals surface area contributed by atoms with Gasteiger partial charge < -0.3 is 4.74 Å². The molecule has 6 nitrogen and oxygen atoms in total. The fourth-order valence-electron chi connectivity index (χ4n) is 3.39. The number of hydrogen-bond acceptors (Lipinski definition) is 5. The Balaban J connectivity index is 1.73. The molecule has 1 aliphatic heterocycles. The van der Waals surface area contributed by atoms with E-state index in [1.165, 1.54) is 6.07 Å². The fraction of sp³-hybridized carbons (Fsp3) is 0.136. The van der Waals surface area contributed by atoms with E-state index >= 15 is 0 Å². The van der Waals surface area contributed by atoms with Gasteiger partial charge in [0.05, 0.1) is 29.5 Å². The van der Waals surface area contributed by atoms with Crippen molar-refractivity contribution in [1.29, 1.82) is 0 Å². The third-order valence-electron chi connectivity index (χ3n) is 4.82. The SMILES string of the molecule is COc1ccc(C2CC(c3cccc([N+](=O)[O-])c3)=NN2c2ccccc2)cc1. The predicted molar refractivity (Wildman–Crippen MR) is 109 cm³/mol. The summed E-state index contributed by atoms with van der Waals surface area (Å²) < 4.78 is 5.26. The van der Waals surface area contributed by atoms with Gasteiger partial charge >= 0.3 is 0 Å². The van der Waals surface area contributed by atoms with Crippen molar-refractivity contribution in [1.82, 2.24) is 0 Å². The second-order valence-corrected chi connectivity index (χ2v) is 6.53. The maximum absolute atomic E-state index is 11.1. The number of nitrogens with zero attached hydrogens (tertiary/aromatic N) is 3. The number of methoxy groups -OCH3 is 1. The number of nitro groups is 1. The van der Waals surface area contributed by atoms with E-state index in [0.717, 1.165) is 28.3 Å². The molecule has 1 aliphatic rings. The quantitative estimate of drug-likeness (QED) is 0.468. The summed E-state index contributed by atoms with van der Waals surface area (Å²) in [5.74, 6) is 0.799. The maximum atomic E-state index is 11.1. The van der Waals surface area contributed by atoms with Crippen LogP contribution in [0.4, 0.5) is 11.4 Å². The highest BCUT2D eigenvalue weighted by Crippen LogP contribution is 2.37. The van der Waals surface area contributed by atoms with Crippen LogP contribution in [0.1, 0.15) is 23.6 Å². The standard InChI is InChI=1S/C22H19N3O3/c1-28-20-12-10-16(11-13-20)22-15-21(17-6-5-9-19(14-17)25(26)27)23-24(22)18-7-3-2-4-8-18/h2-14,22H,15H2,1H3.